The van der Waals surface area contributed by atoms with Crippen molar-refractivity contribution in [3.63, 3.8) is 0 Å². The zero-order chi connectivity index (χ0) is 12.3. The molecule has 2 aliphatic rings. The number of hydrogen-bond donors (Lipinski definition) is 0. The topological polar surface area (TPSA) is 6.48 Å². The highest BCUT2D eigenvalue weighted by Crippen LogP contribution is 2.29. The highest BCUT2D eigenvalue weighted by atomic mass is 15.3. The van der Waals surface area contributed by atoms with Crippen LogP contribution >= 0.6 is 0 Å². The van der Waals surface area contributed by atoms with Gasteiger partial charge in [-0.25, -0.2) is 0 Å². The van der Waals surface area contributed by atoms with Gasteiger partial charge in [0, 0.05) is 31.4 Å². The van der Waals surface area contributed by atoms with E-state index in [1.54, 1.807) is 0 Å². The number of piperazine rings is 1. The van der Waals surface area contributed by atoms with Crippen molar-refractivity contribution in [2.24, 2.45) is 0 Å². The molecular weight excluding hydrogens is 208 g/mol. The third kappa shape index (κ3) is 2.63. The Morgan fingerprint density at radius 2 is 2.18 bits per heavy atom. The zero-order valence-corrected chi connectivity index (χ0v) is 11.2. The standard InChI is InChI=1S/C15H24N2/c1-4-7-15-13(5-2)8-6-9-14-12-16(3)10-11-17(14)15/h4-5,7,14H,2,6,8-12H2,1,3H3/b7-4-. The Morgan fingerprint density at radius 1 is 1.35 bits per heavy atom. The second-order valence-corrected chi connectivity index (χ2v) is 5.12. The molecule has 17 heavy (non-hydrogen) atoms. The van der Waals surface area contributed by atoms with Gasteiger partial charge in [-0.2, -0.15) is 0 Å². The van der Waals surface area contributed by atoms with Gasteiger partial charge in [0.25, 0.3) is 0 Å². The van der Waals surface area contributed by atoms with E-state index in [-0.39, 0.29) is 0 Å². The van der Waals surface area contributed by atoms with Crippen LogP contribution in [0.2, 0.25) is 0 Å². The smallest absolute Gasteiger partial charge is 0.0417 e. The van der Waals surface area contributed by atoms with Gasteiger partial charge in [0.05, 0.1) is 0 Å². The van der Waals surface area contributed by atoms with Crippen molar-refractivity contribution in [3.8, 4) is 0 Å². The van der Waals surface area contributed by atoms with E-state index < -0.39 is 0 Å². The lowest BCUT2D eigenvalue weighted by Gasteiger charge is -2.41. The highest BCUT2D eigenvalue weighted by molar-refractivity contribution is 5.33. The Balaban J connectivity index is 2.30. The lowest BCUT2D eigenvalue weighted by Crippen LogP contribution is -2.50. The summed E-state index contributed by atoms with van der Waals surface area (Å²) < 4.78 is 0. The van der Waals surface area contributed by atoms with Crippen LogP contribution in [0, 0.1) is 0 Å². The van der Waals surface area contributed by atoms with E-state index in [4.69, 9.17) is 0 Å². The molecule has 0 spiro atoms. The van der Waals surface area contributed by atoms with Crippen LogP contribution in [0.25, 0.3) is 0 Å². The minimum Gasteiger partial charge on any atom is -0.366 e. The summed E-state index contributed by atoms with van der Waals surface area (Å²) >= 11 is 0. The number of hydrogen-bond acceptors (Lipinski definition) is 2. The van der Waals surface area contributed by atoms with Crippen LogP contribution in [-0.4, -0.2) is 42.5 Å². The average Bonchev–Trinajstić information content (AvgIpc) is 2.49. The maximum atomic E-state index is 3.98. The minimum absolute atomic E-state index is 0.692. The van der Waals surface area contributed by atoms with Crippen molar-refractivity contribution >= 4 is 0 Å². The molecule has 0 amide bonds. The zero-order valence-electron chi connectivity index (χ0n) is 11.2. The number of fused-ring (bicyclic) bond motifs is 1. The fourth-order valence-corrected chi connectivity index (χ4v) is 2.98. The van der Waals surface area contributed by atoms with E-state index in [0.29, 0.717) is 6.04 Å². The predicted octanol–water partition coefficient (Wildman–Crippen LogP) is 2.80. The van der Waals surface area contributed by atoms with Crippen molar-refractivity contribution in [2.45, 2.75) is 32.2 Å². The van der Waals surface area contributed by atoms with Crippen LogP contribution < -0.4 is 0 Å². The summed E-state index contributed by atoms with van der Waals surface area (Å²) in [6, 6.07) is 0.692. The molecular formula is C15H24N2. The molecule has 2 heterocycles. The lowest BCUT2D eigenvalue weighted by atomic mass is 10.1. The van der Waals surface area contributed by atoms with Gasteiger partial charge in [0.15, 0.2) is 0 Å². The molecule has 94 valence electrons. The monoisotopic (exact) mass is 232 g/mol. The molecule has 2 heteroatoms. The predicted molar refractivity (Wildman–Crippen MR) is 73.9 cm³/mol. The first-order valence-corrected chi connectivity index (χ1v) is 6.69. The van der Waals surface area contributed by atoms with Gasteiger partial charge in [-0.3, -0.25) is 0 Å². The van der Waals surface area contributed by atoms with Gasteiger partial charge < -0.3 is 9.80 Å². The molecule has 0 aromatic heterocycles. The molecule has 0 aromatic carbocycles. The quantitative estimate of drug-likeness (QED) is 0.722. The molecule has 2 nitrogen and oxygen atoms in total. The Labute approximate surface area is 105 Å². The first-order chi connectivity index (χ1) is 8.26. The first kappa shape index (κ1) is 12.4. The van der Waals surface area contributed by atoms with Gasteiger partial charge in [0.1, 0.15) is 0 Å². The summed E-state index contributed by atoms with van der Waals surface area (Å²) in [4.78, 5) is 5.05. The van der Waals surface area contributed by atoms with Crippen molar-refractivity contribution in [2.75, 3.05) is 26.7 Å². The van der Waals surface area contributed by atoms with Crippen LogP contribution in [0.4, 0.5) is 0 Å². The van der Waals surface area contributed by atoms with Crippen LogP contribution in [-0.2, 0) is 0 Å². The van der Waals surface area contributed by atoms with E-state index in [1.807, 2.05) is 0 Å². The molecule has 0 N–H and O–H groups in total. The second-order valence-electron chi connectivity index (χ2n) is 5.12. The molecule has 2 rings (SSSR count). The normalized spacial score (nSPS) is 27.2. The molecule has 1 fully saturated rings. The van der Waals surface area contributed by atoms with Crippen molar-refractivity contribution < 1.29 is 0 Å². The average molecular weight is 232 g/mol. The Kier molecular flexibility index (Phi) is 4.06. The van der Waals surface area contributed by atoms with Crippen LogP contribution in [0.15, 0.2) is 36.1 Å². The fraction of sp³-hybridized carbons (Fsp3) is 0.600. The van der Waals surface area contributed by atoms with Gasteiger partial charge in [-0.05, 0) is 44.9 Å². The maximum absolute atomic E-state index is 3.98. The van der Waals surface area contributed by atoms with Gasteiger partial charge in [-0.1, -0.05) is 18.7 Å². The summed E-state index contributed by atoms with van der Waals surface area (Å²) in [5, 5.41) is 0. The van der Waals surface area contributed by atoms with Crippen LogP contribution in [0.3, 0.4) is 0 Å². The van der Waals surface area contributed by atoms with Crippen molar-refractivity contribution in [1.29, 1.82) is 0 Å². The SMILES string of the molecule is C=CC1=C(/C=C\C)N2CCN(C)CC2CCC1. The number of allylic oxidation sites excluding steroid dienone is 4. The lowest BCUT2D eigenvalue weighted by molar-refractivity contribution is 0.120. The third-order valence-corrected chi connectivity index (χ3v) is 3.88. The molecule has 0 saturated carbocycles. The number of nitrogens with zero attached hydrogens (tertiary/aromatic N) is 2. The molecule has 0 radical (unpaired) electrons. The van der Waals surface area contributed by atoms with Crippen LogP contribution in [0.5, 0.6) is 0 Å². The molecule has 0 aliphatic carbocycles. The molecule has 1 saturated heterocycles. The molecule has 0 aromatic rings. The molecule has 1 atom stereocenters. The fourth-order valence-electron chi connectivity index (χ4n) is 2.98. The van der Waals surface area contributed by atoms with E-state index in [2.05, 4.69) is 48.6 Å². The van der Waals surface area contributed by atoms with E-state index in [0.717, 1.165) is 6.54 Å². The molecule has 2 aliphatic heterocycles. The van der Waals surface area contributed by atoms with E-state index >= 15 is 0 Å². The van der Waals surface area contributed by atoms with E-state index in [9.17, 15) is 0 Å². The second kappa shape index (κ2) is 5.54. The van der Waals surface area contributed by atoms with Crippen LogP contribution in [0.1, 0.15) is 26.2 Å². The maximum Gasteiger partial charge on any atom is 0.0417 e. The first-order valence-electron chi connectivity index (χ1n) is 6.69. The summed E-state index contributed by atoms with van der Waals surface area (Å²) in [5.74, 6) is 0. The summed E-state index contributed by atoms with van der Waals surface area (Å²) in [6.07, 6.45) is 10.2. The summed E-state index contributed by atoms with van der Waals surface area (Å²) in [5.41, 5.74) is 2.84. The number of rotatable bonds is 2. The van der Waals surface area contributed by atoms with Gasteiger partial charge >= 0.3 is 0 Å². The third-order valence-electron chi connectivity index (χ3n) is 3.88. The summed E-state index contributed by atoms with van der Waals surface area (Å²) in [6.45, 7) is 9.60. The van der Waals surface area contributed by atoms with Crippen molar-refractivity contribution in [1.82, 2.24) is 9.80 Å². The Bertz CT molecular complexity index is 341. The molecule has 1 unspecified atom stereocenters. The van der Waals surface area contributed by atoms with E-state index in [1.165, 1.54) is 43.6 Å². The Hall–Kier alpha value is -1.02. The number of likely N-dealkylation sites (N-methyl/N-ethyl adjacent to an activating group) is 1. The Morgan fingerprint density at radius 3 is 2.88 bits per heavy atom. The highest BCUT2D eigenvalue weighted by Gasteiger charge is 2.28. The van der Waals surface area contributed by atoms with Gasteiger partial charge in [0.2, 0.25) is 0 Å². The summed E-state index contributed by atoms with van der Waals surface area (Å²) in [7, 11) is 2.23. The van der Waals surface area contributed by atoms with Crippen molar-refractivity contribution in [3.05, 3.63) is 36.1 Å². The van der Waals surface area contributed by atoms with Gasteiger partial charge in [-0.15, -0.1) is 0 Å². The minimum atomic E-state index is 0.692. The largest absolute Gasteiger partial charge is 0.366 e. The molecule has 0 bridgehead atoms.